The number of hydrogen-bond acceptors (Lipinski definition) is 4. The van der Waals surface area contributed by atoms with E-state index in [2.05, 4.69) is 17.4 Å². The summed E-state index contributed by atoms with van der Waals surface area (Å²) in [7, 11) is 1.62. The van der Waals surface area contributed by atoms with Crippen LogP contribution in [0.2, 0.25) is 0 Å². The molecule has 4 rings (SSSR count). The number of fused-ring (bicyclic) bond motifs is 1. The molecule has 1 amide bonds. The SMILES string of the molecule is CCOc1ccc2oc(-c3ccc(OC)cc3)c(C(=O)NCCc3ccccc3)c2c1. The van der Waals surface area contributed by atoms with Crippen molar-refractivity contribution in [3.63, 3.8) is 0 Å². The zero-order valence-corrected chi connectivity index (χ0v) is 17.7. The van der Waals surface area contributed by atoms with Crippen LogP contribution in [0.1, 0.15) is 22.8 Å². The largest absolute Gasteiger partial charge is 0.497 e. The number of ether oxygens (including phenoxy) is 2. The van der Waals surface area contributed by atoms with Crippen LogP contribution in [-0.2, 0) is 6.42 Å². The zero-order chi connectivity index (χ0) is 21.6. The minimum atomic E-state index is -0.172. The second kappa shape index (κ2) is 9.39. The van der Waals surface area contributed by atoms with Crippen LogP contribution in [0.5, 0.6) is 11.5 Å². The number of hydrogen-bond donors (Lipinski definition) is 1. The van der Waals surface area contributed by atoms with Gasteiger partial charge < -0.3 is 19.2 Å². The first-order valence-corrected chi connectivity index (χ1v) is 10.4. The van der Waals surface area contributed by atoms with Gasteiger partial charge in [0.15, 0.2) is 0 Å². The van der Waals surface area contributed by atoms with Crippen LogP contribution in [-0.4, -0.2) is 26.2 Å². The highest BCUT2D eigenvalue weighted by atomic mass is 16.5. The number of methoxy groups -OCH3 is 1. The summed E-state index contributed by atoms with van der Waals surface area (Å²) >= 11 is 0. The summed E-state index contributed by atoms with van der Waals surface area (Å²) < 4.78 is 17.0. The van der Waals surface area contributed by atoms with E-state index in [9.17, 15) is 4.79 Å². The minimum absolute atomic E-state index is 0.172. The third-order valence-electron chi connectivity index (χ3n) is 5.09. The zero-order valence-electron chi connectivity index (χ0n) is 17.7. The maximum absolute atomic E-state index is 13.3. The van der Waals surface area contributed by atoms with Crippen molar-refractivity contribution >= 4 is 16.9 Å². The summed E-state index contributed by atoms with van der Waals surface area (Å²) in [6.45, 7) is 3.01. The first-order valence-electron chi connectivity index (χ1n) is 10.4. The summed E-state index contributed by atoms with van der Waals surface area (Å²) in [4.78, 5) is 13.3. The predicted octanol–water partition coefficient (Wildman–Crippen LogP) is 5.48. The van der Waals surface area contributed by atoms with Gasteiger partial charge in [0, 0.05) is 17.5 Å². The highest BCUT2D eigenvalue weighted by molar-refractivity contribution is 6.11. The van der Waals surface area contributed by atoms with E-state index >= 15 is 0 Å². The Morgan fingerprint density at radius 1 is 0.968 bits per heavy atom. The molecule has 3 aromatic carbocycles. The standard InChI is InChI=1S/C26H25NO4/c1-3-30-21-13-14-23-22(17-21)24(25(31-23)19-9-11-20(29-2)12-10-19)26(28)27-16-15-18-7-5-4-6-8-18/h4-14,17H,3,15-16H2,1-2H3,(H,27,28). The highest BCUT2D eigenvalue weighted by Gasteiger charge is 2.22. The normalized spacial score (nSPS) is 10.8. The number of carbonyl (C=O) groups excluding carboxylic acids is 1. The van der Waals surface area contributed by atoms with Crippen molar-refractivity contribution in [3.8, 4) is 22.8 Å². The summed E-state index contributed by atoms with van der Waals surface area (Å²) in [5.41, 5.74) is 3.13. The first-order chi connectivity index (χ1) is 15.2. The molecule has 0 atom stereocenters. The molecular weight excluding hydrogens is 390 g/mol. The van der Waals surface area contributed by atoms with E-state index in [1.54, 1.807) is 7.11 Å². The Bertz CT molecular complexity index is 1160. The Labute approximate surface area is 181 Å². The Morgan fingerprint density at radius 3 is 2.42 bits per heavy atom. The molecule has 0 radical (unpaired) electrons. The van der Waals surface area contributed by atoms with Crippen LogP contribution < -0.4 is 14.8 Å². The number of carbonyl (C=O) groups is 1. The van der Waals surface area contributed by atoms with Gasteiger partial charge in [-0.1, -0.05) is 30.3 Å². The lowest BCUT2D eigenvalue weighted by Crippen LogP contribution is -2.26. The third-order valence-corrected chi connectivity index (χ3v) is 5.09. The third kappa shape index (κ3) is 4.56. The first kappa shape index (κ1) is 20.5. The summed E-state index contributed by atoms with van der Waals surface area (Å²) in [6, 6.07) is 23.1. The Hall–Kier alpha value is -3.73. The Morgan fingerprint density at radius 2 is 1.71 bits per heavy atom. The molecule has 0 spiro atoms. The van der Waals surface area contributed by atoms with Gasteiger partial charge in [0.05, 0.1) is 19.3 Å². The summed E-state index contributed by atoms with van der Waals surface area (Å²) in [6.07, 6.45) is 0.754. The highest BCUT2D eigenvalue weighted by Crippen LogP contribution is 2.36. The monoisotopic (exact) mass is 415 g/mol. The van der Waals surface area contributed by atoms with E-state index in [-0.39, 0.29) is 5.91 Å². The second-order valence-corrected chi connectivity index (χ2v) is 7.12. The van der Waals surface area contributed by atoms with Gasteiger partial charge in [-0.25, -0.2) is 0 Å². The van der Waals surface area contributed by atoms with Crippen LogP contribution >= 0.6 is 0 Å². The van der Waals surface area contributed by atoms with E-state index < -0.39 is 0 Å². The van der Waals surface area contributed by atoms with Gasteiger partial charge in [0.2, 0.25) is 0 Å². The number of furan rings is 1. The molecule has 1 aromatic heterocycles. The molecule has 158 valence electrons. The fraction of sp³-hybridized carbons (Fsp3) is 0.192. The molecule has 1 N–H and O–H groups in total. The lowest BCUT2D eigenvalue weighted by molar-refractivity contribution is 0.0956. The fourth-order valence-corrected chi connectivity index (χ4v) is 3.56. The quantitative estimate of drug-likeness (QED) is 0.414. The smallest absolute Gasteiger partial charge is 0.255 e. The van der Waals surface area contributed by atoms with Crippen molar-refractivity contribution in [3.05, 3.63) is 83.9 Å². The van der Waals surface area contributed by atoms with Crippen molar-refractivity contribution in [2.75, 3.05) is 20.3 Å². The van der Waals surface area contributed by atoms with Crippen LogP contribution in [0.15, 0.2) is 77.2 Å². The number of benzene rings is 3. The van der Waals surface area contributed by atoms with Crippen LogP contribution in [0.4, 0.5) is 0 Å². The molecule has 0 saturated carbocycles. The van der Waals surface area contributed by atoms with Crippen LogP contribution in [0, 0.1) is 0 Å². The van der Waals surface area contributed by atoms with Gasteiger partial charge in [-0.2, -0.15) is 0 Å². The van der Waals surface area contributed by atoms with Gasteiger partial charge in [-0.3, -0.25) is 4.79 Å². The molecule has 5 heteroatoms. The van der Waals surface area contributed by atoms with E-state index in [0.29, 0.717) is 35.8 Å². The van der Waals surface area contributed by atoms with E-state index in [0.717, 1.165) is 23.1 Å². The minimum Gasteiger partial charge on any atom is -0.497 e. The summed E-state index contributed by atoms with van der Waals surface area (Å²) in [5, 5.41) is 3.78. The van der Waals surface area contributed by atoms with Gasteiger partial charge in [0.1, 0.15) is 22.8 Å². The van der Waals surface area contributed by atoms with Gasteiger partial charge in [0.25, 0.3) is 5.91 Å². The van der Waals surface area contributed by atoms with E-state index in [1.165, 1.54) is 5.56 Å². The van der Waals surface area contributed by atoms with Crippen molar-refractivity contribution in [2.45, 2.75) is 13.3 Å². The fourth-order valence-electron chi connectivity index (χ4n) is 3.56. The molecule has 0 aliphatic heterocycles. The van der Waals surface area contributed by atoms with E-state index in [1.807, 2.05) is 67.6 Å². The Balaban J connectivity index is 1.68. The molecular formula is C26H25NO4. The topological polar surface area (TPSA) is 60.7 Å². The number of rotatable bonds is 8. The van der Waals surface area contributed by atoms with Crippen molar-refractivity contribution in [2.24, 2.45) is 0 Å². The number of amides is 1. The molecule has 1 heterocycles. The molecule has 0 aliphatic rings. The molecule has 0 bridgehead atoms. The van der Waals surface area contributed by atoms with Crippen LogP contribution in [0.3, 0.4) is 0 Å². The molecule has 31 heavy (non-hydrogen) atoms. The maximum atomic E-state index is 13.3. The molecule has 0 saturated heterocycles. The molecule has 0 fully saturated rings. The predicted molar refractivity (Wildman–Crippen MR) is 122 cm³/mol. The average molecular weight is 415 g/mol. The van der Waals surface area contributed by atoms with Crippen molar-refractivity contribution in [1.29, 1.82) is 0 Å². The van der Waals surface area contributed by atoms with Crippen LogP contribution in [0.25, 0.3) is 22.3 Å². The second-order valence-electron chi connectivity index (χ2n) is 7.12. The van der Waals surface area contributed by atoms with Gasteiger partial charge in [-0.15, -0.1) is 0 Å². The lowest BCUT2D eigenvalue weighted by atomic mass is 10.0. The maximum Gasteiger partial charge on any atom is 0.255 e. The Kier molecular flexibility index (Phi) is 6.22. The molecule has 5 nitrogen and oxygen atoms in total. The van der Waals surface area contributed by atoms with Gasteiger partial charge in [-0.05, 0) is 61.4 Å². The average Bonchev–Trinajstić information content (AvgIpc) is 3.19. The summed E-state index contributed by atoms with van der Waals surface area (Å²) in [5.74, 6) is 1.81. The van der Waals surface area contributed by atoms with E-state index in [4.69, 9.17) is 13.9 Å². The van der Waals surface area contributed by atoms with Crippen molar-refractivity contribution in [1.82, 2.24) is 5.32 Å². The molecule has 0 aliphatic carbocycles. The lowest BCUT2D eigenvalue weighted by Gasteiger charge is -2.08. The molecule has 0 unspecified atom stereocenters. The van der Waals surface area contributed by atoms with Crippen molar-refractivity contribution < 1.29 is 18.7 Å². The number of nitrogens with one attached hydrogen (secondary N) is 1. The molecule has 4 aromatic rings. The van der Waals surface area contributed by atoms with Gasteiger partial charge >= 0.3 is 0 Å².